The lowest BCUT2D eigenvalue weighted by atomic mass is 10.3. The minimum absolute atomic E-state index is 0.235. The maximum absolute atomic E-state index is 12.5. The van der Waals surface area contributed by atoms with Crippen LogP contribution < -0.4 is 0 Å². The van der Waals surface area contributed by atoms with E-state index >= 15 is 0 Å². The number of fused-ring (bicyclic) bond motifs is 1. The van der Waals surface area contributed by atoms with Crippen molar-refractivity contribution in [3.8, 4) is 10.7 Å². The van der Waals surface area contributed by atoms with Crippen LogP contribution in [0.4, 0.5) is 0 Å². The third-order valence-corrected chi connectivity index (χ3v) is 8.37. The van der Waals surface area contributed by atoms with E-state index in [1.165, 1.54) is 30.2 Å². The molecule has 0 saturated carbocycles. The van der Waals surface area contributed by atoms with Crippen molar-refractivity contribution >= 4 is 44.2 Å². The van der Waals surface area contributed by atoms with Crippen LogP contribution in [0.1, 0.15) is 25.7 Å². The van der Waals surface area contributed by atoms with Gasteiger partial charge >= 0.3 is 0 Å². The number of thiophene rings is 1. The molecule has 1 aromatic carbocycles. The van der Waals surface area contributed by atoms with Gasteiger partial charge in [-0.05, 0) is 36.1 Å². The van der Waals surface area contributed by atoms with Crippen LogP contribution >= 0.6 is 23.1 Å². The zero-order valence-corrected chi connectivity index (χ0v) is 19.9. The summed E-state index contributed by atoms with van der Waals surface area (Å²) in [5.41, 5.74) is 1.57. The minimum Gasteiger partial charge on any atom is -0.338 e. The highest BCUT2D eigenvalue weighted by atomic mass is 32.2. The van der Waals surface area contributed by atoms with E-state index in [0.29, 0.717) is 23.0 Å². The molecule has 0 aliphatic rings. The summed E-state index contributed by atoms with van der Waals surface area (Å²) in [6, 6.07) is 9.02. The second-order valence-electron chi connectivity index (χ2n) is 7.12. The number of hydrogen-bond acceptors (Lipinski definition) is 8. The van der Waals surface area contributed by atoms with E-state index in [1.54, 1.807) is 23.5 Å². The second kappa shape index (κ2) is 9.11. The molecule has 0 radical (unpaired) electrons. The largest absolute Gasteiger partial charge is 0.338 e. The molecule has 4 aromatic rings. The number of aryl methyl sites for hydroxylation is 1. The van der Waals surface area contributed by atoms with Crippen molar-refractivity contribution in [3.63, 3.8) is 0 Å². The highest BCUT2D eigenvalue weighted by Crippen LogP contribution is 2.30. The van der Waals surface area contributed by atoms with Crippen molar-refractivity contribution < 1.29 is 12.9 Å². The molecule has 0 fully saturated rings. The Hall–Kier alpha value is -2.21. The molecule has 0 bridgehead atoms. The first kappa shape index (κ1) is 22.0. The zero-order chi connectivity index (χ0) is 22.0. The van der Waals surface area contributed by atoms with Gasteiger partial charge in [-0.1, -0.05) is 36.3 Å². The number of sulfonamides is 1. The summed E-state index contributed by atoms with van der Waals surface area (Å²) in [6.45, 7) is 2.94. The van der Waals surface area contributed by atoms with Crippen LogP contribution in [-0.2, 0) is 22.3 Å². The molecular weight excluding hydrogens is 454 g/mol. The number of thioether (sulfide) groups is 1. The lowest BCUT2D eigenvalue weighted by molar-refractivity contribution is 0.391. The average Bonchev–Trinajstić information content (AvgIpc) is 3.49. The summed E-state index contributed by atoms with van der Waals surface area (Å²) in [4.78, 5) is 10.4. The molecule has 31 heavy (non-hydrogen) atoms. The van der Waals surface area contributed by atoms with Crippen molar-refractivity contribution in [1.29, 1.82) is 0 Å². The fraction of sp³-hybridized carbons (Fsp3) is 0.350. The number of unbranched alkanes of at least 4 members (excludes halogenated alkanes) is 1. The van der Waals surface area contributed by atoms with Crippen molar-refractivity contribution in [2.45, 2.75) is 42.1 Å². The SMILES string of the molecule is CCCCn1c(SCc2nc(-c3cccs3)no2)nc2cc(S(=O)(=O)N(C)C)ccc21. The van der Waals surface area contributed by atoms with Gasteiger partial charge < -0.3 is 9.09 Å². The fourth-order valence-electron chi connectivity index (χ4n) is 3.05. The van der Waals surface area contributed by atoms with Gasteiger partial charge in [0.25, 0.3) is 0 Å². The molecule has 3 aromatic heterocycles. The van der Waals surface area contributed by atoms with E-state index in [1.807, 2.05) is 23.6 Å². The normalized spacial score (nSPS) is 12.3. The highest BCUT2D eigenvalue weighted by Gasteiger charge is 2.20. The first-order valence-corrected chi connectivity index (χ1v) is 13.1. The van der Waals surface area contributed by atoms with Crippen LogP contribution in [-0.4, -0.2) is 46.5 Å². The first-order valence-electron chi connectivity index (χ1n) is 9.82. The van der Waals surface area contributed by atoms with Crippen molar-refractivity contribution in [1.82, 2.24) is 24.0 Å². The molecule has 164 valence electrons. The quantitative estimate of drug-likeness (QED) is 0.328. The summed E-state index contributed by atoms with van der Waals surface area (Å²) in [7, 11) is -0.471. The van der Waals surface area contributed by atoms with Gasteiger partial charge in [0.15, 0.2) is 5.16 Å². The van der Waals surface area contributed by atoms with Gasteiger partial charge in [-0.15, -0.1) is 11.3 Å². The Morgan fingerprint density at radius 3 is 2.77 bits per heavy atom. The van der Waals surface area contributed by atoms with E-state index in [2.05, 4.69) is 21.6 Å². The molecule has 0 spiro atoms. The number of imidazole rings is 1. The molecule has 0 aliphatic carbocycles. The Labute approximate surface area is 189 Å². The molecule has 11 heteroatoms. The van der Waals surface area contributed by atoms with Crippen molar-refractivity contribution in [2.75, 3.05) is 14.1 Å². The zero-order valence-electron chi connectivity index (χ0n) is 17.5. The lowest BCUT2D eigenvalue weighted by Crippen LogP contribution is -2.22. The van der Waals surface area contributed by atoms with E-state index in [4.69, 9.17) is 9.51 Å². The van der Waals surface area contributed by atoms with E-state index in [-0.39, 0.29) is 4.90 Å². The standard InChI is InChI=1S/C20H23N5O3S3/c1-4-5-10-25-16-9-8-14(31(26,27)24(2)3)12-15(16)21-20(25)30-13-18-22-19(23-28-18)17-7-6-11-29-17/h6-9,11-12H,4-5,10,13H2,1-3H3. The average molecular weight is 478 g/mol. The molecule has 0 aliphatic heterocycles. The Morgan fingerprint density at radius 2 is 2.06 bits per heavy atom. The Balaban J connectivity index is 1.62. The van der Waals surface area contributed by atoms with Gasteiger partial charge in [0, 0.05) is 20.6 Å². The van der Waals surface area contributed by atoms with Gasteiger partial charge in [-0.3, -0.25) is 0 Å². The van der Waals surface area contributed by atoms with E-state index < -0.39 is 10.0 Å². The van der Waals surface area contributed by atoms with Gasteiger partial charge in [-0.2, -0.15) is 4.98 Å². The first-order chi connectivity index (χ1) is 14.9. The number of benzene rings is 1. The van der Waals surface area contributed by atoms with Crippen molar-refractivity contribution in [2.24, 2.45) is 0 Å². The van der Waals surface area contributed by atoms with Crippen LogP contribution in [0.5, 0.6) is 0 Å². The molecule has 0 atom stereocenters. The molecule has 0 unspecified atom stereocenters. The number of rotatable bonds is 9. The van der Waals surface area contributed by atoms with Gasteiger partial charge in [-0.25, -0.2) is 17.7 Å². The maximum atomic E-state index is 12.5. The Bertz CT molecular complexity index is 1280. The number of nitrogens with zero attached hydrogens (tertiary/aromatic N) is 5. The molecule has 0 amide bonds. The summed E-state index contributed by atoms with van der Waals surface area (Å²) < 4.78 is 33.8. The molecule has 4 rings (SSSR count). The molecule has 0 N–H and O–H groups in total. The Morgan fingerprint density at radius 1 is 1.23 bits per heavy atom. The van der Waals surface area contributed by atoms with Gasteiger partial charge in [0.05, 0.1) is 26.6 Å². The van der Waals surface area contributed by atoms with Crippen LogP contribution in [0.15, 0.2) is 50.3 Å². The predicted molar refractivity (Wildman–Crippen MR) is 123 cm³/mol. The molecular formula is C20H23N5O3S3. The summed E-state index contributed by atoms with van der Waals surface area (Å²) in [6.07, 6.45) is 2.05. The summed E-state index contributed by atoms with van der Waals surface area (Å²) in [5, 5.41) is 6.83. The minimum atomic E-state index is -3.52. The second-order valence-corrected chi connectivity index (χ2v) is 11.2. The highest BCUT2D eigenvalue weighted by molar-refractivity contribution is 7.98. The maximum Gasteiger partial charge on any atom is 0.242 e. The van der Waals surface area contributed by atoms with Gasteiger partial charge in [0.2, 0.25) is 21.7 Å². The predicted octanol–water partition coefficient (Wildman–Crippen LogP) is 4.49. The molecule has 0 saturated heterocycles. The molecule has 3 heterocycles. The topological polar surface area (TPSA) is 94.1 Å². The fourth-order valence-corrected chi connectivity index (χ4v) is 5.50. The third kappa shape index (κ3) is 4.54. The van der Waals surface area contributed by atoms with Crippen molar-refractivity contribution in [3.05, 3.63) is 41.6 Å². The number of hydrogen-bond donors (Lipinski definition) is 0. The Kier molecular flexibility index (Phi) is 6.47. The lowest BCUT2D eigenvalue weighted by Gasteiger charge is -2.11. The van der Waals surface area contributed by atoms with Crippen LogP contribution in [0.25, 0.3) is 21.7 Å². The van der Waals surface area contributed by atoms with Crippen LogP contribution in [0.3, 0.4) is 0 Å². The smallest absolute Gasteiger partial charge is 0.242 e. The van der Waals surface area contributed by atoms with E-state index in [9.17, 15) is 8.42 Å². The monoisotopic (exact) mass is 477 g/mol. The van der Waals surface area contributed by atoms with E-state index in [0.717, 1.165) is 34.9 Å². The molecule has 8 nitrogen and oxygen atoms in total. The van der Waals surface area contributed by atoms with Crippen LogP contribution in [0, 0.1) is 0 Å². The summed E-state index contributed by atoms with van der Waals surface area (Å²) >= 11 is 3.07. The summed E-state index contributed by atoms with van der Waals surface area (Å²) in [5.74, 6) is 1.60. The van der Waals surface area contributed by atoms with Crippen LogP contribution in [0.2, 0.25) is 0 Å². The number of aromatic nitrogens is 4. The third-order valence-electron chi connectivity index (χ3n) is 4.73. The van der Waals surface area contributed by atoms with Gasteiger partial charge in [0.1, 0.15) is 0 Å².